The van der Waals surface area contributed by atoms with Crippen LogP contribution in [0.25, 0.3) is 5.69 Å². The third-order valence-electron chi connectivity index (χ3n) is 2.25. The Morgan fingerprint density at radius 2 is 2.18 bits per heavy atom. The van der Waals surface area contributed by atoms with E-state index in [4.69, 9.17) is 0 Å². The second kappa shape index (κ2) is 4.95. The summed E-state index contributed by atoms with van der Waals surface area (Å²) in [6.07, 6.45) is 6.28. The molecule has 2 aromatic heterocycles. The van der Waals surface area contributed by atoms with Crippen molar-refractivity contribution < 1.29 is 4.39 Å². The van der Waals surface area contributed by atoms with Crippen molar-refractivity contribution in [3.63, 3.8) is 0 Å². The fraction of sp³-hybridized carbons (Fsp3) is 0.333. The van der Waals surface area contributed by atoms with Crippen LogP contribution in [0.4, 0.5) is 10.1 Å². The maximum Gasteiger partial charge on any atom is 0.143 e. The van der Waals surface area contributed by atoms with Crippen molar-refractivity contribution >= 4 is 5.69 Å². The largest absolute Gasteiger partial charge is 0.382 e. The molecule has 2 rings (SSSR count). The highest BCUT2D eigenvalue weighted by Crippen LogP contribution is 2.12. The van der Waals surface area contributed by atoms with Crippen molar-refractivity contribution in [1.82, 2.24) is 14.8 Å². The van der Waals surface area contributed by atoms with Crippen molar-refractivity contribution in [1.29, 1.82) is 0 Å². The van der Waals surface area contributed by atoms with Crippen LogP contribution in [0.5, 0.6) is 0 Å². The number of rotatable bonds is 4. The van der Waals surface area contributed by atoms with Gasteiger partial charge in [0.2, 0.25) is 0 Å². The average molecular weight is 234 g/mol. The molecule has 17 heavy (non-hydrogen) atoms. The summed E-state index contributed by atoms with van der Waals surface area (Å²) in [4.78, 5) is 3.79. The van der Waals surface area contributed by atoms with Gasteiger partial charge in [-0.2, -0.15) is 5.10 Å². The first-order valence-electron chi connectivity index (χ1n) is 5.54. The highest BCUT2D eigenvalue weighted by Gasteiger charge is 2.02. The Kier molecular flexibility index (Phi) is 3.37. The molecule has 0 aliphatic carbocycles. The molecule has 0 amide bonds. The molecule has 0 aliphatic rings. The summed E-state index contributed by atoms with van der Waals surface area (Å²) in [7, 11) is 0. The molecule has 0 saturated heterocycles. The van der Waals surface area contributed by atoms with Crippen LogP contribution in [-0.2, 0) is 0 Å². The molecule has 0 saturated carbocycles. The monoisotopic (exact) mass is 234 g/mol. The van der Waals surface area contributed by atoms with Crippen molar-refractivity contribution in [3.05, 3.63) is 36.7 Å². The Hall–Kier alpha value is -1.91. The molecule has 0 fully saturated rings. The summed E-state index contributed by atoms with van der Waals surface area (Å²) in [6.45, 7) is 5.15. The molecule has 0 atom stereocenters. The summed E-state index contributed by atoms with van der Waals surface area (Å²) in [6, 6.07) is 1.40. The third-order valence-corrected chi connectivity index (χ3v) is 2.25. The van der Waals surface area contributed by atoms with Gasteiger partial charge in [0.25, 0.3) is 0 Å². The van der Waals surface area contributed by atoms with Gasteiger partial charge in [-0.25, -0.2) is 9.07 Å². The first-order chi connectivity index (χ1) is 8.15. The van der Waals surface area contributed by atoms with Crippen LogP contribution >= 0.6 is 0 Å². The highest BCUT2D eigenvalue weighted by molar-refractivity contribution is 5.41. The molecule has 0 aliphatic heterocycles. The molecule has 2 aromatic rings. The Balaban J connectivity index is 2.12. The van der Waals surface area contributed by atoms with Gasteiger partial charge in [-0.05, 0) is 5.92 Å². The molecular weight excluding hydrogens is 219 g/mol. The van der Waals surface area contributed by atoms with Crippen LogP contribution in [0.2, 0.25) is 0 Å². The van der Waals surface area contributed by atoms with Gasteiger partial charge in [0.05, 0.1) is 36.2 Å². The normalized spacial score (nSPS) is 10.8. The lowest BCUT2D eigenvalue weighted by atomic mass is 10.2. The number of halogens is 1. The lowest BCUT2D eigenvalue weighted by molar-refractivity contribution is 0.618. The zero-order valence-electron chi connectivity index (χ0n) is 9.89. The summed E-state index contributed by atoms with van der Waals surface area (Å²) in [5, 5.41) is 7.40. The van der Waals surface area contributed by atoms with Gasteiger partial charge in [-0.1, -0.05) is 13.8 Å². The van der Waals surface area contributed by atoms with E-state index in [2.05, 4.69) is 29.2 Å². The molecular formula is C12H15FN4. The number of hydrogen-bond acceptors (Lipinski definition) is 3. The maximum absolute atomic E-state index is 13.0. The smallest absolute Gasteiger partial charge is 0.143 e. The van der Waals surface area contributed by atoms with Crippen LogP contribution < -0.4 is 5.32 Å². The second-order valence-corrected chi connectivity index (χ2v) is 4.31. The zero-order chi connectivity index (χ0) is 12.3. The van der Waals surface area contributed by atoms with E-state index in [0.717, 1.165) is 12.2 Å². The van der Waals surface area contributed by atoms with Gasteiger partial charge < -0.3 is 5.32 Å². The SMILES string of the molecule is CC(C)CNc1cnn(-c2cncc(F)c2)c1. The minimum absolute atomic E-state index is 0.366. The van der Waals surface area contributed by atoms with Gasteiger partial charge >= 0.3 is 0 Å². The van der Waals surface area contributed by atoms with Crippen LogP contribution in [0.15, 0.2) is 30.9 Å². The molecule has 0 radical (unpaired) electrons. The number of hydrogen-bond donors (Lipinski definition) is 1. The third kappa shape index (κ3) is 3.03. The molecule has 0 spiro atoms. The van der Waals surface area contributed by atoms with Crippen LogP contribution in [0.3, 0.4) is 0 Å². The Bertz CT molecular complexity index is 493. The number of nitrogens with zero attached hydrogens (tertiary/aromatic N) is 3. The van der Waals surface area contributed by atoms with E-state index in [1.54, 1.807) is 17.1 Å². The topological polar surface area (TPSA) is 42.7 Å². The van der Waals surface area contributed by atoms with Gasteiger partial charge in [-0.3, -0.25) is 4.98 Å². The maximum atomic E-state index is 13.0. The van der Waals surface area contributed by atoms with Crippen molar-refractivity contribution in [2.45, 2.75) is 13.8 Å². The first kappa shape index (κ1) is 11.6. The van der Waals surface area contributed by atoms with Crippen LogP contribution in [0, 0.1) is 11.7 Å². The lowest BCUT2D eigenvalue weighted by Crippen LogP contribution is -2.07. The predicted molar refractivity (Wildman–Crippen MR) is 64.6 cm³/mol. The Morgan fingerprint density at radius 3 is 2.88 bits per heavy atom. The van der Waals surface area contributed by atoms with E-state index in [-0.39, 0.29) is 5.82 Å². The fourth-order valence-electron chi connectivity index (χ4n) is 1.40. The van der Waals surface area contributed by atoms with Gasteiger partial charge in [0, 0.05) is 12.6 Å². The quantitative estimate of drug-likeness (QED) is 0.883. The molecule has 2 heterocycles. The Morgan fingerprint density at radius 1 is 1.35 bits per heavy atom. The van der Waals surface area contributed by atoms with E-state index >= 15 is 0 Å². The van der Waals surface area contributed by atoms with Gasteiger partial charge in [-0.15, -0.1) is 0 Å². The minimum Gasteiger partial charge on any atom is -0.382 e. The number of anilines is 1. The summed E-state index contributed by atoms with van der Waals surface area (Å²) in [5.74, 6) is 0.198. The zero-order valence-corrected chi connectivity index (χ0v) is 9.89. The van der Waals surface area contributed by atoms with Crippen LogP contribution in [0.1, 0.15) is 13.8 Å². The lowest BCUT2D eigenvalue weighted by Gasteiger charge is -2.05. The summed E-state index contributed by atoms with van der Waals surface area (Å²) < 4.78 is 14.6. The van der Waals surface area contributed by atoms with Crippen molar-refractivity contribution in [2.75, 3.05) is 11.9 Å². The molecule has 0 unspecified atom stereocenters. The van der Waals surface area contributed by atoms with Gasteiger partial charge in [0.1, 0.15) is 5.82 Å². The van der Waals surface area contributed by atoms with Gasteiger partial charge in [0.15, 0.2) is 0 Å². The van der Waals surface area contributed by atoms with Crippen molar-refractivity contribution in [3.8, 4) is 5.69 Å². The molecule has 0 aromatic carbocycles. The average Bonchev–Trinajstić information content (AvgIpc) is 2.75. The molecule has 0 bridgehead atoms. The van der Waals surface area contributed by atoms with E-state index in [9.17, 15) is 4.39 Å². The number of pyridine rings is 1. The second-order valence-electron chi connectivity index (χ2n) is 4.31. The molecule has 5 heteroatoms. The number of nitrogens with one attached hydrogen (secondary N) is 1. The summed E-state index contributed by atoms with van der Waals surface area (Å²) >= 11 is 0. The standard InChI is InChI=1S/C12H15FN4/c1-9(2)4-15-11-6-16-17(8-11)12-3-10(13)5-14-7-12/h3,5-9,15H,4H2,1-2H3. The molecule has 1 N–H and O–H groups in total. The Labute approximate surface area is 99.5 Å². The van der Waals surface area contributed by atoms with E-state index in [0.29, 0.717) is 11.6 Å². The molecule has 90 valence electrons. The van der Waals surface area contributed by atoms with E-state index in [1.165, 1.54) is 12.3 Å². The fourth-order valence-corrected chi connectivity index (χ4v) is 1.40. The van der Waals surface area contributed by atoms with E-state index < -0.39 is 0 Å². The first-order valence-corrected chi connectivity index (χ1v) is 5.54. The summed E-state index contributed by atoms with van der Waals surface area (Å²) in [5.41, 5.74) is 1.53. The van der Waals surface area contributed by atoms with E-state index in [1.807, 2.05) is 6.20 Å². The van der Waals surface area contributed by atoms with Crippen molar-refractivity contribution in [2.24, 2.45) is 5.92 Å². The molecule has 4 nitrogen and oxygen atoms in total. The minimum atomic E-state index is -0.366. The van der Waals surface area contributed by atoms with Crippen LogP contribution in [-0.4, -0.2) is 21.3 Å². The predicted octanol–water partition coefficient (Wildman–Crippen LogP) is 2.47. The highest BCUT2D eigenvalue weighted by atomic mass is 19.1. The number of aromatic nitrogens is 3.